The summed E-state index contributed by atoms with van der Waals surface area (Å²) in [7, 11) is 1.58. The molecule has 10 nitrogen and oxygen atoms in total. The van der Waals surface area contributed by atoms with Crippen LogP contribution in [0.5, 0.6) is 5.75 Å². The van der Waals surface area contributed by atoms with Crippen LogP contribution in [-0.4, -0.2) is 63.8 Å². The van der Waals surface area contributed by atoms with E-state index in [4.69, 9.17) is 23.7 Å². The molecule has 0 radical (unpaired) electrons. The van der Waals surface area contributed by atoms with Gasteiger partial charge in [-0.05, 0) is 24.3 Å². The lowest BCUT2D eigenvalue weighted by atomic mass is 9.97. The number of carbonyl (C=O) groups is 3. The molecule has 0 aromatic heterocycles. The number of methoxy groups -OCH3 is 1. The van der Waals surface area contributed by atoms with E-state index in [-0.39, 0.29) is 19.3 Å². The zero-order valence-electron chi connectivity index (χ0n) is 18.7. The van der Waals surface area contributed by atoms with Gasteiger partial charge in [0.05, 0.1) is 31.0 Å². The summed E-state index contributed by atoms with van der Waals surface area (Å²) in [6, 6.07) is 3.78. The van der Waals surface area contributed by atoms with Crippen molar-refractivity contribution in [2.24, 2.45) is 0 Å². The van der Waals surface area contributed by atoms with Crippen molar-refractivity contribution in [2.45, 2.75) is 31.5 Å². The van der Waals surface area contributed by atoms with Gasteiger partial charge in [-0.2, -0.15) is 0 Å². The molecule has 0 bridgehead atoms. The fourth-order valence-electron chi connectivity index (χ4n) is 3.86. The van der Waals surface area contributed by atoms with Crippen LogP contribution in [0.1, 0.15) is 24.9 Å². The third kappa shape index (κ3) is 5.91. The second-order valence-electron chi connectivity index (χ2n) is 7.38. The molecule has 33 heavy (non-hydrogen) atoms. The van der Waals surface area contributed by atoms with Crippen LogP contribution in [0.3, 0.4) is 0 Å². The number of carbonyl (C=O) groups excluding carboxylic acids is 3. The van der Waals surface area contributed by atoms with Gasteiger partial charge < -0.3 is 29.0 Å². The minimum Gasteiger partial charge on any atom is -0.468 e. The summed E-state index contributed by atoms with van der Waals surface area (Å²) < 4.78 is 26.6. The van der Waals surface area contributed by atoms with E-state index < -0.39 is 30.3 Å². The van der Waals surface area contributed by atoms with Crippen LogP contribution < -0.4 is 15.0 Å². The summed E-state index contributed by atoms with van der Waals surface area (Å²) in [5.74, 6) is -0.276. The number of anilines is 1. The molecular weight excluding hydrogens is 432 g/mol. The Balaban J connectivity index is 1.92. The van der Waals surface area contributed by atoms with Gasteiger partial charge in [-0.1, -0.05) is 18.7 Å². The molecule has 2 aliphatic heterocycles. The Morgan fingerprint density at radius 3 is 2.85 bits per heavy atom. The van der Waals surface area contributed by atoms with Gasteiger partial charge in [0.2, 0.25) is 0 Å². The number of nitrogens with one attached hydrogen (secondary N) is 1. The Morgan fingerprint density at radius 1 is 1.30 bits per heavy atom. The first-order chi connectivity index (χ1) is 16.0. The quantitative estimate of drug-likeness (QED) is 0.245. The highest BCUT2D eigenvalue weighted by molar-refractivity contribution is 6.04. The Labute approximate surface area is 192 Å². The minimum atomic E-state index is -0.705. The van der Waals surface area contributed by atoms with Gasteiger partial charge in [-0.15, -0.1) is 0 Å². The predicted octanol–water partition coefficient (Wildman–Crippen LogP) is 2.25. The van der Waals surface area contributed by atoms with Gasteiger partial charge in [0.25, 0.3) is 5.91 Å². The zero-order chi connectivity index (χ0) is 23.8. The summed E-state index contributed by atoms with van der Waals surface area (Å²) in [6.45, 7) is 5.68. The van der Waals surface area contributed by atoms with E-state index in [1.807, 2.05) is 0 Å². The van der Waals surface area contributed by atoms with E-state index in [1.54, 1.807) is 31.4 Å². The van der Waals surface area contributed by atoms with E-state index in [1.165, 1.54) is 24.0 Å². The smallest absolute Gasteiger partial charge is 0.408 e. The molecule has 0 fully saturated rings. The Morgan fingerprint density at radius 2 is 2.12 bits per heavy atom. The lowest BCUT2D eigenvalue weighted by Gasteiger charge is -2.32. The Hall–Kier alpha value is -3.37. The van der Waals surface area contributed by atoms with Crippen LogP contribution in [-0.2, 0) is 28.5 Å². The normalized spacial score (nSPS) is 21.0. The number of alkyl carbamates (subject to hydrolysis) is 1. The lowest BCUT2D eigenvalue weighted by molar-refractivity contribution is -0.147. The van der Waals surface area contributed by atoms with Crippen molar-refractivity contribution in [1.82, 2.24) is 5.32 Å². The minimum absolute atomic E-state index is 0.00645. The van der Waals surface area contributed by atoms with Crippen LogP contribution in [0.15, 0.2) is 43.0 Å². The Kier molecular flexibility index (Phi) is 8.45. The number of hydrogen-bond acceptors (Lipinski definition) is 8. The molecule has 3 rings (SSSR count). The van der Waals surface area contributed by atoms with Crippen molar-refractivity contribution in [3.8, 4) is 5.75 Å². The van der Waals surface area contributed by atoms with E-state index in [0.717, 1.165) is 0 Å². The summed E-state index contributed by atoms with van der Waals surface area (Å²) in [5, 5.41) is 2.81. The third-order valence-electron chi connectivity index (χ3n) is 5.14. The monoisotopic (exact) mass is 460 g/mol. The van der Waals surface area contributed by atoms with Crippen LogP contribution in [0.4, 0.5) is 10.5 Å². The zero-order valence-corrected chi connectivity index (χ0v) is 18.7. The summed E-state index contributed by atoms with van der Waals surface area (Å²) in [6.07, 6.45) is 3.50. The first-order valence-electron chi connectivity index (χ1n) is 10.5. The number of ether oxygens (including phenoxy) is 5. The maximum absolute atomic E-state index is 12.9. The van der Waals surface area contributed by atoms with Crippen LogP contribution in [0, 0.1) is 0 Å². The molecular formula is C23H28N2O8. The van der Waals surface area contributed by atoms with E-state index in [9.17, 15) is 14.4 Å². The maximum atomic E-state index is 12.9. The second kappa shape index (κ2) is 11.5. The van der Waals surface area contributed by atoms with Gasteiger partial charge in [-0.3, -0.25) is 14.5 Å². The number of benzene rings is 1. The summed E-state index contributed by atoms with van der Waals surface area (Å²) in [4.78, 5) is 38.7. The fraction of sp³-hybridized carbons (Fsp3) is 0.435. The number of amides is 2. The fourth-order valence-corrected chi connectivity index (χ4v) is 3.86. The molecule has 0 saturated carbocycles. The maximum Gasteiger partial charge on any atom is 0.408 e. The molecule has 0 aliphatic carbocycles. The molecule has 178 valence electrons. The average molecular weight is 460 g/mol. The van der Waals surface area contributed by atoms with Crippen molar-refractivity contribution in [3.05, 3.63) is 48.6 Å². The number of nitrogens with zero attached hydrogens (tertiary/aromatic N) is 1. The van der Waals surface area contributed by atoms with E-state index in [0.29, 0.717) is 36.6 Å². The van der Waals surface area contributed by atoms with Crippen molar-refractivity contribution in [2.75, 3.05) is 38.6 Å². The highest BCUT2D eigenvalue weighted by Crippen LogP contribution is 2.45. The molecule has 10 heteroatoms. The number of esters is 1. The molecule has 0 spiro atoms. The van der Waals surface area contributed by atoms with Crippen molar-refractivity contribution in [3.63, 3.8) is 0 Å². The first kappa shape index (κ1) is 24.3. The standard InChI is InChI=1S/C23H28N2O8/c1-4-10-31-23(28)24-21-17-13-16(32-14-30-12-11-29-3)8-9-18(17)25-20(27)7-5-6-19(22(21)25)33-15(2)26/h4-5,7-9,13,19,21-22H,1,6,10-12,14H2,2-3H3,(H,24,28)/t19-,21+,22-/m1/s1. The van der Waals surface area contributed by atoms with Gasteiger partial charge in [0.15, 0.2) is 6.79 Å². The van der Waals surface area contributed by atoms with Gasteiger partial charge in [-0.25, -0.2) is 4.79 Å². The molecule has 2 heterocycles. The predicted molar refractivity (Wildman–Crippen MR) is 118 cm³/mol. The summed E-state index contributed by atoms with van der Waals surface area (Å²) >= 11 is 0. The molecule has 1 aromatic rings. The van der Waals surface area contributed by atoms with Crippen molar-refractivity contribution in [1.29, 1.82) is 0 Å². The lowest BCUT2D eigenvalue weighted by Crippen LogP contribution is -2.50. The molecule has 1 aromatic carbocycles. The molecule has 3 atom stereocenters. The van der Waals surface area contributed by atoms with Crippen molar-refractivity contribution < 1.29 is 38.1 Å². The highest BCUT2D eigenvalue weighted by Gasteiger charge is 2.48. The average Bonchev–Trinajstić information content (AvgIpc) is 3.00. The largest absolute Gasteiger partial charge is 0.468 e. The number of fused-ring (bicyclic) bond motifs is 3. The van der Waals surface area contributed by atoms with Gasteiger partial charge >= 0.3 is 12.1 Å². The Bertz CT molecular complexity index is 916. The second-order valence-corrected chi connectivity index (χ2v) is 7.38. The van der Waals surface area contributed by atoms with Crippen LogP contribution >= 0.6 is 0 Å². The topological polar surface area (TPSA) is 113 Å². The molecule has 0 saturated heterocycles. The van der Waals surface area contributed by atoms with E-state index in [2.05, 4.69) is 11.9 Å². The number of rotatable bonds is 10. The van der Waals surface area contributed by atoms with Gasteiger partial charge in [0, 0.05) is 26.0 Å². The highest BCUT2D eigenvalue weighted by atomic mass is 16.7. The van der Waals surface area contributed by atoms with E-state index >= 15 is 0 Å². The van der Waals surface area contributed by atoms with Gasteiger partial charge in [0.1, 0.15) is 18.5 Å². The van der Waals surface area contributed by atoms with Crippen LogP contribution in [0.25, 0.3) is 0 Å². The SMILES string of the molecule is C=CCOC(=O)N[C@H]1c2cc(OCOCCOC)ccc2N2C(=O)C=CC[C@@H](OC(C)=O)[C@H]12. The third-order valence-corrected chi connectivity index (χ3v) is 5.14. The molecule has 2 aliphatic rings. The molecule has 1 N–H and O–H groups in total. The van der Waals surface area contributed by atoms with Crippen molar-refractivity contribution >= 4 is 23.7 Å². The molecule has 0 unspecified atom stereocenters. The number of hydrogen-bond donors (Lipinski definition) is 1. The van der Waals surface area contributed by atoms with Crippen LogP contribution in [0.2, 0.25) is 0 Å². The molecule has 2 amide bonds. The summed E-state index contributed by atoms with van der Waals surface area (Å²) in [5.41, 5.74) is 1.21. The first-order valence-corrected chi connectivity index (χ1v) is 10.5.